The molecule has 3 aliphatic rings. The van der Waals surface area contributed by atoms with Crippen LogP contribution in [0, 0.1) is 22.7 Å². The van der Waals surface area contributed by atoms with Gasteiger partial charge in [0.15, 0.2) is 17.2 Å². The lowest BCUT2D eigenvalue weighted by Crippen LogP contribution is -2.54. The van der Waals surface area contributed by atoms with Crippen LogP contribution >= 0.6 is 11.6 Å². The van der Waals surface area contributed by atoms with Crippen LogP contribution in [0.3, 0.4) is 0 Å². The van der Waals surface area contributed by atoms with Crippen LogP contribution in [0.4, 0.5) is 23.1 Å². The minimum Gasteiger partial charge on any atom is -0.378 e. The zero-order chi connectivity index (χ0) is 25.5. The van der Waals surface area contributed by atoms with Gasteiger partial charge in [0, 0.05) is 26.2 Å². The third kappa shape index (κ3) is 4.61. The van der Waals surface area contributed by atoms with Gasteiger partial charge in [-0.2, -0.15) is 20.0 Å². The van der Waals surface area contributed by atoms with Crippen molar-refractivity contribution in [2.45, 2.75) is 37.1 Å². The fraction of sp³-hybridized carbons (Fsp3) is 0.458. The quantitative estimate of drug-likeness (QED) is 0.400. The summed E-state index contributed by atoms with van der Waals surface area (Å²) in [6.45, 7) is 2.67. The van der Waals surface area contributed by atoms with Crippen LogP contribution in [-0.2, 0) is 9.47 Å². The number of nitriles is 2. The van der Waals surface area contributed by atoms with Gasteiger partial charge < -0.3 is 30.3 Å². The van der Waals surface area contributed by atoms with Crippen LogP contribution in [0.1, 0.15) is 24.1 Å². The maximum atomic E-state index is 9.75. The van der Waals surface area contributed by atoms with Crippen LogP contribution in [-0.4, -0.2) is 77.2 Å². The first-order valence-corrected chi connectivity index (χ1v) is 12.5. The van der Waals surface area contributed by atoms with Crippen LogP contribution in [0.5, 0.6) is 0 Å². The highest BCUT2D eigenvalue weighted by molar-refractivity contribution is 6.36. The van der Waals surface area contributed by atoms with Crippen molar-refractivity contribution in [3.8, 4) is 12.1 Å². The fourth-order valence-corrected chi connectivity index (χ4v) is 4.92. The van der Waals surface area contributed by atoms with E-state index in [2.05, 4.69) is 48.1 Å². The molecule has 0 bridgehead atoms. The van der Waals surface area contributed by atoms with E-state index in [0.29, 0.717) is 66.1 Å². The highest BCUT2D eigenvalue weighted by Gasteiger charge is 2.37. The number of halogens is 1. The average molecular weight is 521 g/mol. The molecule has 2 atom stereocenters. The Morgan fingerprint density at radius 3 is 2.68 bits per heavy atom. The summed E-state index contributed by atoms with van der Waals surface area (Å²) in [6, 6.07) is 8.50. The number of fused-ring (bicyclic) bond motifs is 1. The highest BCUT2D eigenvalue weighted by Crippen LogP contribution is 2.38. The number of hydrogen-bond donors (Lipinski definition) is 3. The van der Waals surface area contributed by atoms with E-state index in [4.69, 9.17) is 21.1 Å². The third-order valence-electron chi connectivity index (χ3n) is 6.82. The summed E-state index contributed by atoms with van der Waals surface area (Å²) in [6.07, 6.45) is 3.52. The lowest BCUT2D eigenvalue weighted by atomic mass is 10.1. The SMILES string of the molecule is CO[C@@H]1CN(c2cc(C#N)cc(Nc3nc(NC4CC4)c4ncc(C#N)n4n3)c2Cl)C[C@@H]1NC1COC1. The van der Waals surface area contributed by atoms with E-state index in [1.165, 1.54) is 10.7 Å². The average Bonchev–Trinajstić information content (AvgIpc) is 3.44. The van der Waals surface area contributed by atoms with E-state index in [9.17, 15) is 10.5 Å². The summed E-state index contributed by atoms with van der Waals surface area (Å²) in [5, 5.41) is 34.3. The molecular weight excluding hydrogens is 496 g/mol. The van der Waals surface area contributed by atoms with E-state index in [1.807, 2.05) is 0 Å². The molecule has 2 aliphatic heterocycles. The Kier molecular flexibility index (Phi) is 6.18. The molecule has 6 rings (SSSR count). The molecule has 190 valence electrons. The van der Waals surface area contributed by atoms with Crippen molar-refractivity contribution in [3.05, 3.63) is 34.6 Å². The number of anilines is 4. The van der Waals surface area contributed by atoms with Gasteiger partial charge in [-0.3, -0.25) is 0 Å². The highest BCUT2D eigenvalue weighted by atomic mass is 35.5. The predicted molar refractivity (Wildman–Crippen MR) is 136 cm³/mol. The molecule has 0 amide bonds. The lowest BCUT2D eigenvalue weighted by Gasteiger charge is -2.31. The van der Waals surface area contributed by atoms with E-state index in [-0.39, 0.29) is 23.8 Å². The molecule has 12 nitrogen and oxygen atoms in total. The first-order chi connectivity index (χ1) is 18.1. The maximum Gasteiger partial charge on any atom is 0.247 e. The first kappa shape index (κ1) is 23.7. The number of benzene rings is 1. The van der Waals surface area contributed by atoms with Gasteiger partial charge in [-0.1, -0.05) is 11.6 Å². The summed E-state index contributed by atoms with van der Waals surface area (Å²) < 4.78 is 12.5. The zero-order valence-corrected chi connectivity index (χ0v) is 20.9. The lowest BCUT2D eigenvalue weighted by molar-refractivity contribution is -0.0183. The largest absolute Gasteiger partial charge is 0.378 e. The number of rotatable bonds is 8. The third-order valence-corrected chi connectivity index (χ3v) is 7.22. The molecule has 3 N–H and O–H groups in total. The van der Waals surface area contributed by atoms with Gasteiger partial charge in [0.2, 0.25) is 5.95 Å². The van der Waals surface area contributed by atoms with Gasteiger partial charge in [-0.25, -0.2) is 4.98 Å². The monoisotopic (exact) mass is 520 g/mol. The molecule has 2 aromatic heterocycles. The van der Waals surface area contributed by atoms with Crippen molar-refractivity contribution >= 4 is 40.4 Å². The molecule has 1 aromatic carbocycles. The number of nitrogens with one attached hydrogen (secondary N) is 3. The minimum atomic E-state index is -0.0359. The number of methoxy groups -OCH3 is 1. The topological polar surface area (TPSA) is 148 Å². The summed E-state index contributed by atoms with van der Waals surface area (Å²) in [5.41, 5.74) is 2.41. The van der Waals surface area contributed by atoms with E-state index in [1.54, 1.807) is 19.2 Å². The number of hydrogen-bond acceptors (Lipinski definition) is 11. The Bertz CT molecular complexity index is 1420. The molecule has 1 saturated carbocycles. The molecule has 1 aliphatic carbocycles. The number of aromatic nitrogens is 4. The van der Waals surface area contributed by atoms with Crippen LogP contribution in [0.25, 0.3) is 5.65 Å². The molecule has 0 radical (unpaired) electrons. The molecule has 13 heteroatoms. The van der Waals surface area contributed by atoms with E-state index >= 15 is 0 Å². The number of nitrogens with zero attached hydrogens (tertiary/aromatic N) is 7. The second-order valence-corrected chi connectivity index (χ2v) is 9.85. The summed E-state index contributed by atoms with van der Waals surface area (Å²) >= 11 is 6.90. The van der Waals surface area contributed by atoms with Gasteiger partial charge in [-0.15, -0.1) is 5.10 Å². The van der Waals surface area contributed by atoms with Crippen LogP contribution < -0.4 is 20.9 Å². The van der Waals surface area contributed by atoms with Gasteiger partial charge in [0.1, 0.15) is 6.07 Å². The standard InChI is InChI=1S/C24H25ClN10O2/c1-36-20-10-34(9-18(20)29-15-11-37-12-15)19-5-13(6-26)4-17(21(19)25)31-24-32-22(30-14-2-3-14)23-28-8-16(7-27)35(23)33-24/h4-5,8,14-15,18,20,29H,2-3,9-12H2,1H3,(H2,30,31,32,33)/t18-,20+/m0/s1. The second kappa shape index (κ2) is 9.65. The molecule has 4 heterocycles. The zero-order valence-electron chi connectivity index (χ0n) is 20.1. The van der Waals surface area contributed by atoms with Crippen LogP contribution in [0.2, 0.25) is 5.02 Å². The molecule has 3 aromatic rings. The second-order valence-electron chi connectivity index (χ2n) is 9.47. The molecule has 0 spiro atoms. The van der Waals surface area contributed by atoms with Gasteiger partial charge >= 0.3 is 0 Å². The Labute approximate surface area is 218 Å². The van der Waals surface area contributed by atoms with E-state index < -0.39 is 0 Å². The van der Waals surface area contributed by atoms with Crippen molar-refractivity contribution in [2.24, 2.45) is 0 Å². The number of imidazole rings is 1. The van der Waals surface area contributed by atoms with Crippen molar-refractivity contribution in [1.82, 2.24) is 24.9 Å². The summed E-state index contributed by atoms with van der Waals surface area (Å²) in [4.78, 5) is 11.0. The minimum absolute atomic E-state index is 0.0359. The Hall–Kier alpha value is -3.68. The Morgan fingerprint density at radius 2 is 2.00 bits per heavy atom. The molecule has 2 saturated heterocycles. The normalized spacial score (nSPS) is 21.5. The Balaban J connectivity index is 1.32. The van der Waals surface area contributed by atoms with Crippen LogP contribution in [0.15, 0.2) is 18.3 Å². The van der Waals surface area contributed by atoms with Crippen molar-refractivity contribution in [2.75, 3.05) is 48.9 Å². The molecule has 0 unspecified atom stereocenters. The van der Waals surface area contributed by atoms with Crippen molar-refractivity contribution in [3.63, 3.8) is 0 Å². The van der Waals surface area contributed by atoms with Gasteiger partial charge in [-0.05, 0) is 25.0 Å². The molecule has 3 fully saturated rings. The maximum absolute atomic E-state index is 9.75. The van der Waals surface area contributed by atoms with Gasteiger partial charge in [0.25, 0.3) is 0 Å². The van der Waals surface area contributed by atoms with Gasteiger partial charge in [0.05, 0.1) is 65.6 Å². The first-order valence-electron chi connectivity index (χ1n) is 12.1. The van der Waals surface area contributed by atoms with Crippen molar-refractivity contribution < 1.29 is 9.47 Å². The van der Waals surface area contributed by atoms with E-state index in [0.717, 1.165) is 18.5 Å². The smallest absolute Gasteiger partial charge is 0.247 e. The van der Waals surface area contributed by atoms with Crippen molar-refractivity contribution in [1.29, 1.82) is 10.5 Å². The predicted octanol–water partition coefficient (Wildman–Crippen LogP) is 2.03. The summed E-state index contributed by atoms with van der Waals surface area (Å²) in [7, 11) is 1.70. The fourth-order valence-electron chi connectivity index (χ4n) is 4.65. The number of ether oxygens (including phenoxy) is 2. The molecular formula is C24H25ClN10O2. The Morgan fingerprint density at radius 1 is 1.16 bits per heavy atom. The molecule has 37 heavy (non-hydrogen) atoms. The summed E-state index contributed by atoms with van der Waals surface area (Å²) in [5.74, 6) is 0.763.